The molecule has 4 bridgehead atoms. The molecule has 0 aromatic heterocycles. The van der Waals surface area contributed by atoms with Crippen LogP contribution in [0.4, 0.5) is 5.69 Å². The first-order valence-corrected chi connectivity index (χ1v) is 10.1. The quantitative estimate of drug-likeness (QED) is 0.609. The Morgan fingerprint density at radius 2 is 1.61 bits per heavy atom. The summed E-state index contributed by atoms with van der Waals surface area (Å²) in [5, 5.41) is 8.09. The maximum atomic E-state index is 12.8. The number of carbonyl (C=O) groups excluding carboxylic acids is 3. The monoisotopic (exact) mass is 380 g/mol. The summed E-state index contributed by atoms with van der Waals surface area (Å²) in [4.78, 5) is 38.2. The van der Waals surface area contributed by atoms with Gasteiger partial charge in [0.1, 0.15) is 5.84 Å². The number of hydrazone groups is 1. The number of para-hydroxylation sites is 1. The van der Waals surface area contributed by atoms with Crippen LogP contribution in [0.15, 0.2) is 35.4 Å². The number of Topliss-reactive ketones (excluding diaryl/α,β-unsaturated/α-hetero) is 1. The molecule has 1 aromatic carbocycles. The van der Waals surface area contributed by atoms with E-state index in [1.54, 1.807) is 24.3 Å². The Morgan fingerprint density at radius 3 is 2.21 bits per heavy atom. The predicted octanol–water partition coefficient (Wildman–Crippen LogP) is 1.43. The topological polar surface area (TPSA) is 105 Å². The van der Waals surface area contributed by atoms with Crippen LogP contribution in [-0.2, 0) is 14.4 Å². The lowest BCUT2D eigenvalue weighted by Gasteiger charge is -2.54. The SMILES string of the molecule is NC1=NN(c2ccccc2)C(=O)[C@@H]1C(=O)C(=O)NC1C2CC3CC(C2)CC1C3. The van der Waals surface area contributed by atoms with Gasteiger partial charge in [-0.3, -0.25) is 14.4 Å². The lowest BCUT2D eigenvalue weighted by atomic mass is 9.54. The number of ketones is 1. The Morgan fingerprint density at radius 1 is 1.00 bits per heavy atom. The molecule has 7 heteroatoms. The third kappa shape index (κ3) is 2.72. The number of hydrogen-bond donors (Lipinski definition) is 2. The van der Waals surface area contributed by atoms with E-state index in [0.29, 0.717) is 17.5 Å². The second-order valence-electron chi connectivity index (χ2n) is 8.74. The van der Waals surface area contributed by atoms with E-state index in [-0.39, 0.29) is 11.9 Å². The van der Waals surface area contributed by atoms with Crippen molar-refractivity contribution in [3.63, 3.8) is 0 Å². The fourth-order valence-corrected chi connectivity index (χ4v) is 5.99. The van der Waals surface area contributed by atoms with Crippen LogP contribution in [0.3, 0.4) is 0 Å². The van der Waals surface area contributed by atoms with Gasteiger partial charge in [0.15, 0.2) is 5.92 Å². The van der Waals surface area contributed by atoms with E-state index in [4.69, 9.17) is 5.73 Å². The molecule has 0 radical (unpaired) electrons. The molecule has 1 heterocycles. The fourth-order valence-electron chi connectivity index (χ4n) is 5.99. The summed E-state index contributed by atoms with van der Waals surface area (Å²) in [6.45, 7) is 0. The molecular weight excluding hydrogens is 356 g/mol. The molecule has 5 aliphatic rings. The first-order valence-electron chi connectivity index (χ1n) is 10.1. The average Bonchev–Trinajstić information content (AvgIpc) is 2.98. The number of amidine groups is 1. The highest BCUT2D eigenvalue weighted by molar-refractivity contribution is 6.47. The van der Waals surface area contributed by atoms with Gasteiger partial charge in [0.2, 0.25) is 5.78 Å². The van der Waals surface area contributed by atoms with E-state index in [1.165, 1.54) is 6.42 Å². The fraction of sp³-hybridized carbons (Fsp3) is 0.524. The van der Waals surface area contributed by atoms with E-state index < -0.39 is 23.5 Å². The maximum Gasteiger partial charge on any atom is 0.288 e. The molecule has 1 aliphatic heterocycles. The Labute approximate surface area is 163 Å². The van der Waals surface area contributed by atoms with E-state index in [9.17, 15) is 14.4 Å². The standard InChI is InChI=1S/C21H24N4O3/c22-19-16(21(28)25(24-19)15-4-2-1-3-5-15)18(26)20(27)23-17-13-7-11-6-12(9-13)10-14(17)8-11/h1-5,11-14,16-17H,6-10H2,(H2,22,24)(H,23,27)/t11?,12?,13?,14?,16-,17?/m1/s1. The Balaban J connectivity index is 1.29. The van der Waals surface area contributed by atoms with Crippen LogP contribution >= 0.6 is 0 Å². The highest BCUT2D eigenvalue weighted by Gasteiger charge is 2.50. The number of nitrogens with one attached hydrogen (secondary N) is 1. The van der Waals surface area contributed by atoms with Crippen molar-refractivity contribution in [1.29, 1.82) is 0 Å². The van der Waals surface area contributed by atoms with Gasteiger partial charge >= 0.3 is 0 Å². The number of amides is 2. The molecule has 1 atom stereocenters. The highest BCUT2D eigenvalue weighted by Crippen LogP contribution is 2.53. The molecule has 4 saturated carbocycles. The molecule has 28 heavy (non-hydrogen) atoms. The normalized spacial score (nSPS) is 35.8. The minimum Gasteiger partial charge on any atom is -0.385 e. The first-order chi connectivity index (χ1) is 13.5. The summed E-state index contributed by atoms with van der Waals surface area (Å²) in [7, 11) is 0. The van der Waals surface area contributed by atoms with Gasteiger partial charge in [0, 0.05) is 6.04 Å². The zero-order chi connectivity index (χ0) is 19.4. The van der Waals surface area contributed by atoms with Crippen LogP contribution in [0, 0.1) is 29.6 Å². The van der Waals surface area contributed by atoms with Crippen LogP contribution < -0.4 is 16.1 Å². The van der Waals surface area contributed by atoms with Crippen LogP contribution in [0.1, 0.15) is 32.1 Å². The van der Waals surface area contributed by atoms with Crippen molar-refractivity contribution in [3.05, 3.63) is 30.3 Å². The molecule has 6 rings (SSSR count). The molecule has 0 unspecified atom stereocenters. The third-order valence-electron chi connectivity index (χ3n) is 6.98. The third-order valence-corrected chi connectivity index (χ3v) is 6.98. The number of nitrogens with two attached hydrogens (primary N) is 1. The van der Waals surface area contributed by atoms with E-state index >= 15 is 0 Å². The minimum atomic E-state index is -1.34. The average molecular weight is 380 g/mol. The molecule has 0 saturated heterocycles. The minimum absolute atomic E-state index is 0.0455. The summed E-state index contributed by atoms with van der Waals surface area (Å²) < 4.78 is 0. The first kappa shape index (κ1) is 17.4. The molecule has 4 fully saturated rings. The van der Waals surface area contributed by atoms with Crippen LogP contribution in [0.5, 0.6) is 0 Å². The summed E-state index contributed by atoms with van der Waals surface area (Å²) >= 11 is 0. The molecule has 1 aromatic rings. The molecule has 4 aliphatic carbocycles. The number of carbonyl (C=O) groups is 3. The second kappa shape index (κ2) is 6.43. The molecule has 0 spiro atoms. The van der Waals surface area contributed by atoms with Crippen molar-refractivity contribution >= 4 is 29.1 Å². The molecule has 2 amide bonds. The van der Waals surface area contributed by atoms with Crippen molar-refractivity contribution in [3.8, 4) is 0 Å². The molecular formula is C21H24N4O3. The van der Waals surface area contributed by atoms with Crippen LogP contribution in [0.25, 0.3) is 0 Å². The van der Waals surface area contributed by atoms with Gasteiger partial charge < -0.3 is 11.1 Å². The summed E-state index contributed by atoms with van der Waals surface area (Å²) in [5.41, 5.74) is 6.39. The van der Waals surface area contributed by atoms with Gasteiger partial charge in [-0.25, -0.2) is 0 Å². The maximum absolute atomic E-state index is 12.8. The van der Waals surface area contributed by atoms with Crippen molar-refractivity contribution in [2.75, 3.05) is 5.01 Å². The zero-order valence-electron chi connectivity index (χ0n) is 15.6. The number of nitrogens with zero attached hydrogens (tertiary/aromatic N) is 2. The number of benzene rings is 1. The summed E-state index contributed by atoms with van der Waals surface area (Å²) in [6, 6.07) is 8.81. The van der Waals surface area contributed by atoms with Crippen molar-refractivity contribution in [1.82, 2.24) is 5.32 Å². The lowest BCUT2D eigenvalue weighted by Crippen LogP contribution is -2.57. The zero-order valence-corrected chi connectivity index (χ0v) is 15.6. The second-order valence-corrected chi connectivity index (χ2v) is 8.74. The molecule has 146 valence electrons. The Hall–Kier alpha value is -2.70. The van der Waals surface area contributed by atoms with Crippen molar-refractivity contribution in [2.24, 2.45) is 40.4 Å². The lowest BCUT2D eigenvalue weighted by molar-refractivity contribution is -0.143. The predicted molar refractivity (Wildman–Crippen MR) is 103 cm³/mol. The number of rotatable bonds is 4. The van der Waals surface area contributed by atoms with Gasteiger partial charge in [-0.1, -0.05) is 18.2 Å². The molecule has 7 nitrogen and oxygen atoms in total. The molecule has 3 N–H and O–H groups in total. The van der Waals surface area contributed by atoms with Crippen molar-refractivity contribution < 1.29 is 14.4 Å². The van der Waals surface area contributed by atoms with Gasteiger partial charge in [0.05, 0.1) is 5.69 Å². The summed E-state index contributed by atoms with van der Waals surface area (Å²) in [5.74, 6) is -1.07. The van der Waals surface area contributed by atoms with Crippen LogP contribution in [-0.4, -0.2) is 29.5 Å². The largest absolute Gasteiger partial charge is 0.385 e. The van der Waals surface area contributed by atoms with Gasteiger partial charge in [-0.15, -0.1) is 0 Å². The smallest absolute Gasteiger partial charge is 0.288 e. The number of hydrogen-bond acceptors (Lipinski definition) is 5. The van der Waals surface area contributed by atoms with E-state index in [2.05, 4.69) is 10.4 Å². The van der Waals surface area contributed by atoms with Gasteiger partial charge in [-0.05, 0) is 67.9 Å². The van der Waals surface area contributed by atoms with E-state index in [1.807, 2.05) is 6.07 Å². The Bertz CT molecular complexity index is 838. The highest BCUT2D eigenvalue weighted by atomic mass is 16.2. The van der Waals surface area contributed by atoms with Crippen molar-refractivity contribution in [2.45, 2.75) is 38.1 Å². The number of anilines is 1. The summed E-state index contributed by atoms with van der Waals surface area (Å²) in [6.07, 6.45) is 5.88. The van der Waals surface area contributed by atoms with Crippen LogP contribution in [0.2, 0.25) is 0 Å². The Kier molecular flexibility index (Phi) is 4.00. The van der Waals surface area contributed by atoms with Gasteiger partial charge in [0.25, 0.3) is 11.8 Å². The van der Waals surface area contributed by atoms with E-state index in [0.717, 1.165) is 42.5 Å². The van der Waals surface area contributed by atoms with Gasteiger partial charge in [-0.2, -0.15) is 10.1 Å².